The fourth-order valence-corrected chi connectivity index (χ4v) is 0.258. The van der Waals surface area contributed by atoms with E-state index in [1.807, 2.05) is 0 Å². The summed E-state index contributed by atoms with van der Waals surface area (Å²) in [5.74, 6) is -4.12. The van der Waals surface area contributed by atoms with Gasteiger partial charge in [0.15, 0.2) is 0 Å². The van der Waals surface area contributed by atoms with E-state index in [0.29, 0.717) is 0 Å². The van der Waals surface area contributed by atoms with Gasteiger partial charge in [-0.2, -0.15) is 0 Å². The van der Waals surface area contributed by atoms with Gasteiger partial charge in [0.2, 0.25) is 0 Å². The molecule has 0 spiro atoms. The number of carboxylic acid groups (broad SMARTS) is 2. The van der Waals surface area contributed by atoms with Gasteiger partial charge in [-0.05, 0) is 0 Å². The molecule has 2 N–H and O–H groups in total. The maximum Gasteiger partial charge on any atom is 2.00 e. The topological polar surface area (TPSA) is 121 Å². The molecule has 0 heterocycles. The number of carboxylic acids is 2. The molecule has 0 aromatic carbocycles. The van der Waals surface area contributed by atoms with Crippen LogP contribution in [0, 0.1) is 0 Å². The van der Waals surface area contributed by atoms with Crippen LogP contribution in [0.15, 0.2) is 0 Å². The summed E-state index contributed by atoms with van der Waals surface area (Å²) >= 11 is 0. The van der Waals surface area contributed by atoms with Crippen LogP contribution in [0.3, 0.4) is 0 Å². The van der Waals surface area contributed by atoms with Crippen molar-refractivity contribution in [3.05, 3.63) is 0 Å². The van der Waals surface area contributed by atoms with E-state index in [1.165, 1.54) is 0 Å². The van der Waals surface area contributed by atoms with Gasteiger partial charge in [-0.25, -0.2) is 0 Å². The molecule has 0 aromatic rings. The van der Waals surface area contributed by atoms with Crippen molar-refractivity contribution in [2.75, 3.05) is 0 Å². The molecule has 2 unspecified atom stereocenters. The van der Waals surface area contributed by atoms with E-state index in [2.05, 4.69) is 0 Å². The first-order valence-electron chi connectivity index (χ1n) is 2.24. The minimum absolute atomic E-state index is 0. The summed E-state index contributed by atoms with van der Waals surface area (Å²) in [4.78, 5) is 19.3. The summed E-state index contributed by atoms with van der Waals surface area (Å²) in [6.45, 7) is 0. The first kappa shape index (κ1) is 13.4. The zero-order valence-electron chi connectivity index (χ0n) is 5.39. The standard InChI is InChI=1S/C4H6O6.Hg/c5-1(3(7)8)2(6)4(9)10;/h1-2,5-6H,(H,7,8)(H,9,10);/q;+2/p-2. The zero-order chi connectivity index (χ0) is 8.31. The number of hydrogen-bond donors (Lipinski definition) is 2. The Kier molecular flexibility index (Phi) is 6.63. The van der Waals surface area contributed by atoms with E-state index in [1.54, 1.807) is 0 Å². The van der Waals surface area contributed by atoms with Gasteiger partial charge in [0.05, 0.1) is 11.9 Å². The third kappa shape index (κ3) is 4.28. The zero-order valence-corrected chi connectivity index (χ0v) is 10.9. The number of aliphatic carboxylic acids is 2. The summed E-state index contributed by atoms with van der Waals surface area (Å²) in [5, 5.41) is 35.7. The van der Waals surface area contributed by atoms with Crippen LogP contribution in [0.1, 0.15) is 0 Å². The number of aliphatic hydroxyl groups excluding tert-OH is 2. The first-order chi connectivity index (χ1) is 4.46. The van der Waals surface area contributed by atoms with Crippen LogP contribution in [0.2, 0.25) is 0 Å². The Bertz CT molecular complexity index is 139. The van der Waals surface area contributed by atoms with Crippen molar-refractivity contribution in [3.63, 3.8) is 0 Å². The molecule has 0 radical (unpaired) electrons. The molecule has 2 atom stereocenters. The van der Waals surface area contributed by atoms with Gasteiger partial charge in [-0.3, -0.25) is 0 Å². The van der Waals surface area contributed by atoms with E-state index in [-0.39, 0.29) is 27.7 Å². The van der Waals surface area contributed by atoms with Gasteiger partial charge in [0.25, 0.3) is 0 Å². The summed E-state index contributed by atoms with van der Waals surface area (Å²) in [6.07, 6.45) is -4.88. The van der Waals surface area contributed by atoms with Crippen LogP contribution in [0.5, 0.6) is 0 Å². The number of carbonyl (C=O) groups is 2. The number of carbonyl (C=O) groups excluding carboxylic acids is 2. The Hall–Kier alpha value is -0.205. The molecule has 0 saturated heterocycles. The monoisotopic (exact) mass is 350 g/mol. The van der Waals surface area contributed by atoms with E-state index in [0.717, 1.165) is 0 Å². The van der Waals surface area contributed by atoms with Crippen molar-refractivity contribution in [2.45, 2.75) is 12.2 Å². The third-order valence-corrected chi connectivity index (χ3v) is 0.782. The SMILES string of the molecule is O=C([O-])C(O)C(O)C(=O)[O-].[Hg+2]. The molecule has 0 aromatic heterocycles. The molecule has 0 saturated carbocycles. The molecule has 0 fully saturated rings. The molecule has 0 aliphatic carbocycles. The van der Waals surface area contributed by atoms with Gasteiger partial charge in [-0.1, -0.05) is 0 Å². The molecular weight excluding hydrogens is 345 g/mol. The fourth-order valence-electron chi connectivity index (χ4n) is 0.258. The van der Waals surface area contributed by atoms with Crippen LogP contribution in [-0.2, 0) is 37.3 Å². The Morgan fingerprint density at radius 2 is 1.18 bits per heavy atom. The molecule has 0 aliphatic heterocycles. The molecule has 0 aliphatic rings. The maximum absolute atomic E-state index is 9.63. The average Bonchev–Trinajstić information content (AvgIpc) is 1.84. The Morgan fingerprint density at radius 3 is 1.27 bits per heavy atom. The number of rotatable bonds is 3. The van der Waals surface area contributed by atoms with Crippen LogP contribution in [0.4, 0.5) is 0 Å². The first-order valence-corrected chi connectivity index (χ1v) is 2.24. The van der Waals surface area contributed by atoms with Gasteiger partial charge in [0, 0.05) is 0 Å². The predicted molar refractivity (Wildman–Crippen MR) is 22.0 cm³/mol. The molecule has 0 rings (SSSR count). The molecule has 0 amide bonds. The van der Waals surface area contributed by atoms with Crippen molar-refractivity contribution in [1.82, 2.24) is 0 Å². The van der Waals surface area contributed by atoms with Crippen LogP contribution in [0.25, 0.3) is 0 Å². The van der Waals surface area contributed by atoms with Crippen molar-refractivity contribution in [1.29, 1.82) is 0 Å². The van der Waals surface area contributed by atoms with Gasteiger partial charge in [0.1, 0.15) is 12.2 Å². The van der Waals surface area contributed by atoms with Crippen molar-refractivity contribution in [2.24, 2.45) is 0 Å². The molecule has 6 nitrogen and oxygen atoms in total. The van der Waals surface area contributed by atoms with E-state index in [9.17, 15) is 19.8 Å². The predicted octanol–water partition coefficient (Wildman–Crippen LogP) is -4.79. The largest absolute Gasteiger partial charge is 2.00 e. The summed E-state index contributed by atoms with van der Waals surface area (Å²) < 4.78 is 0. The second kappa shape index (κ2) is 5.45. The minimum atomic E-state index is -2.44. The van der Waals surface area contributed by atoms with Crippen LogP contribution >= 0.6 is 0 Å². The molecular formula is C4H4HgO6. The van der Waals surface area contributed by atoms with Crippen molar-refractivity contribution >= 4 is 11.9 Å². The van der Waals surface area contributed by atoms with E-state index >= 15 is 0 Å². The quantitative estimate of drug-likeness (QED) is 0.494. The van der Waals surface area contributed by atoms with E-state index in [4.69, 9.17) is 10.2 Å². The number of hydrogen-bond acceptors (Lipinski definition) is 6. The summed E-state index contributed by atoms with van der Waals surface area (Å²) in [5.41, 5.74) is 0. The van der Waals surface area contributed by atoms with Crippen molar-refractivity contribution in [3.8, 4) is 0 Å². The Labute approximate surface area is 82.0 Å². The normalized spacial score (nSPS) is 14.4. The second-order valence-electron chi connectivity index (χ2n) is 1.53. The second-order valence-corrected chi connectivity index (χ2v) is 1.53. The van der Waals surface area contributed by atoms with Crippen LogP contribution in [-0.4, -0.2) is 34.4 Å². The number of aliphatic hydroxyl groups is 2. The smallest absolute Gasteiger partial charge is 0.547 e. The van der Waals surface area contributed by atoms with Crippen LogP contribution < -0.4 is 10.2 Å². The Morgan fingerprint density at radius 1 is 1.00 bits per heavy atom. The minimum Gasteiger partial charge on any atom is -0.547 e. The fraction of sp³-hybridized carbons (Fsp3) is 0.500. The maximum atomic E-state index is 9.63. The molecule has 0 bridgehead atoms. The summed E-state index contributed by atoms with van der Waals surface area (Å²) in [6, 6.07) is 0. The molecule has 58 valence electrons. The average molecular weight is 349 g/mol. The summed E-state index contributed by atoms with van der Waals surface area (Å²) in [7, 11) is 0. The van der Waals surface area contributed by atoms with Crippen molar-refractivity contribution < 1.29 is 57.7 Å². The third-order valence-electron chi connectivity index (χ3n) is 0.782. The Balaban J connectivity index is 0. The van der Waals surface area contributed by atoms with E-state index < -0.39 is 24.1 Å². The van der Waals surface area contributed by atoms with Gasteiger partial charge < -0.3 is 30.0 Å². The van der Waals surface area contributed by atoms with Gasteiger partial charge >= 0.3 is 27.7 Å². The molecule has 7 heteroatoms. The van der Waals surface area contributed by atoms with Gasteiger partial charge in [-0.15, -0.1) is 0 Å². The molecule has 11 heavy (non-hydrogen) atoms.